The summed E-state index contributed by atoms with van der Waals surface area (Å²) in [5.41, 5.74) is 1.67. The molecule has 0 unspecified atom stereocenters. The summed E-state index contributed by atoms with van der Waals surface area (Å²) in [5, 5.41) is 3.03. The first kappa shape index (κ1) is 68.8. The van der Waals surface area contributed by atoms with Crippen LogP contribution in [-0.2, 0) is 33.4 Å². The van der Waals surface area contributed by atoms with E-state index in [0.717, 1.165) is 68.9 Å². The number of benzene rings is 2. The summed E-state index contributed by atoms with van der Waals surface area (Å²) in [5.74, 6) is -0.764. The topological polar surface area (TPSA) is 108 Å². The van der Waals surface area contributed by atoms with Crippen molar-refractivity contribution < 1.29 is 33.4 Å². The number of carbonyl (C=O) groups excluding carboxylic acids is 4. The van der Waals surface area contributed by atoms with Gasteiger partial charge in [-0.25, -0.2) is 4.79 Å². The van der Waals surface area contributed by atoms with Crippen LogP contribution in [0, 0.1) is 0 Å². The molecule has 1 amide bonds. The smallest absolute Gasteiger partial charge is 0.330 e. The quantitative estimate of drug-likeness (QED) is 0.0396. The Morgan fingerprint density at radius 1 is 0.395 bits per heavy atom. The Kier molecular flexibility index (Phi) is 46.3. The fraction of sp³-hybridized carbons (Fsp3) is 0.761. The van der Waals surface area contributed by atoms with Gasteiger partial charge in [-0.1, -0.05) is 313 Å². The van der Waals surface area contributed by atoms with E-state index in [-0.39, 0.29) is 30.2 Å². The molecule has 0 aromatic heterocycles. The molecule has 9 heteroatoms. The largest absolute Gasteiger partial charge is 0.462 e. The third-order valence-electron chi connectivity index (χ3n) is 14.9. The van der Waals surface area contributed by atoms with Gasteiger partial charge in [0.15, 0.2) is 6.10 Å². The monoisotopic (exact) mass is 1080 g/mol. The summed E-state index contributed by atoms with van der Waals surface area (Å²) < 4.78 is 18.1. The van der Waals surface area contributed by atoms with Crippen LogP contribution >= 0.6 is 11.8 Å². The molecule has 0 saturated heterocycles. The molecule has 76 heavy (non-hydrogen) atoms. The minimum absolute atomic E-state index is 0.0424. The fourth-order valence-corrected chi connectivity index (χ4v) is 11.0. The van der Waals surface area contributed by atoms with Crippen molar-refractivity contribution in [3.05, 3.63) is 71.8 Å². The number of esters is 3. The zero-order chi connectivity index (χ0) is 54.6. The first-order valence-electron chi connectivity index (χ1n) is 31.9. The molecular formula is C67H113NO7S. The van der Waals surface area contributed by atoms with Gasteiger partial charge in [-0.3, -0.25) is 14.4 Å². The standard InChI is InChI=1S/C67H113NO7S/c1-4-7-10-13-16-19-22-25-28-31-34-37-46-53-63(69)68-62(67(72)75-66(59-49-42-40-43-50-59)60-51-44-41-45-52-60)58-76-57-61(74-65(71)55-48-39-36-33-30-27-24-21-18-15-12-9-6-3)56-73-64(70)54-47-38-35-32-29-26-23-20-17-14-11-8-5-2/h40-45,49-52,61-62,66H,4-39,46-48,53-58H2,1-3H3,(H,68,69)/t61-,62+/m1/s1. The van der Waals surface area contributed by atoms with Gasteiger partial charge < -0.3 is 19.5 Å². The van der Waals surface area contributed by atoms with E-state index in [4.69, 9.17) is 14.2 Å². The fourth-order valence-electron chi connectivity index (χ4n) is 10.0. The third-order valence-corrected chi connectivity index (χ3v) is 16.0. The number of ether oxygens (including phenoxy) is 3. The molecule has 2 aromatic rings. The van der Waals surface area contributed by atoms with E-state index in [9.17, 15) is 19.2 Å². The van der Waals surface area contributed by atoms with E-state index in [1.165, 1.54) is 204 Å². The lowest BCUT2D eigenvalue weighted by Gasteiger charge is -2.24. The number of hydrogen-bond acceptors (Lipinski definition) is 8. The van der Waals surface area contributed by atoms with Crippen LogP contribution < -0.4 is 5.32 Å². The normalized spacial score (nSPS) is 12.2. The van der Waals surface area contributed by atoms with Crippen LogP contribution in [0.4, 0.5) is 0 Å². The van der Waals surface area contributed by atoms with Crippen LogP contribution in [0.3, 0.4) is 0 Å². The van der Waals surface area contributed by atoms with Gasteiger partial charge in [-0.05, 0) is 30.4 Å². The van der Waals surface area contributed by atoms with Gasteiger partial charge in [-0.15, -0.1) is 0 Å². The van der Waals surface area contributed by atoms with Crippen LogP contribution in [0.15, 0.2) is 60.7 Å². The van der Waals surface area contributed by atoms with E-state index in [1.807, 2.05) is 60.7 Å². The highest BCUT2D eigenvalue weighted by Gasteiger charge is 2.28. The zero-order valence-electron chi connectivity index (χ0n) is 49.1. The second-order valence-corrected chi connectivity index (χ2v) is 23.1. The SMILES string of the molecule is CCCCCCCCCCCCCCCC(=O)N[C@@H](CSC[C@@H](COC(=O)CCCCCCCCCCCCCCC)OC(=O)CCCCCCCCCCCCCCC)C(=O)OC(c1ccccc1)c1ccccc1. The van der Waals surface area contributed by atoms with Gasteiger partial charge in [-0.2, -0.15) is 11.8 Å². The van der Waals surface area contributed by atoms with Gasteiger partial charge in [0.2, 0.25) is 5.91 Å². The van der Waals surface area contributed by atoms with E-state index in [1.54, 1.807) is 0 Å². The van der Waals surface area contributed by atoms with Crippen LogP contribution in [-0.4, -0.2) is 54.1 Å². The van der Waals surface area contributed by atoms with Crippen molar-refractivity contribution in [2.75, 3.05) is 18.1 Å². The Hall–Kier alpha value is -3.33. The highest BCUT2D eigenvalue weighted by atomic mass is 32.2. The molecule has 0 aliphatic rings. The maximum Gasteiger partial charge on any atom is 0.330 e. The summed E-state index contributed by atoms with van der Waals surface area (Å²) >= 11 is 1.40. The van der Waals surface area contributed by atoms with Gasteiger partial charge in [0, 0.05) is 30.8 Å². The molecule has 0 heterocycles. The van der Waals surface area contributed by atoms with E-state index < -0.39 is 24.2 Å². The van der Waals surface area contributed by atoms with Crippen molar-refractivity contribution in [3.8, 4) is 0 Å². The molecular weight excluding hydrogens is 963 g/mol. The Balaban J connectivity index is 1.98. The Bertz CT molecular complexity index is 1600. The Labute approximate surface area is 470 Å². The minimum Gasteiger partial charge on any atom is -0.462 e. The van der Waals surface area contributed by atoms with Crippen LogP contribution in [0.2, 0.25) is 0 Å². The van der Waals surface area contributed by atoms with Crippen LogP contribution in [0.25, 0.3) is 0 Å². The molecule has 0 aliphatic heterocycles. The first-order chi connectivity index (χ1) is 37.4. The number of hydrogen-bond donors (Lipinski definition) is 1. The molecule has 2 rings (SSSR count). The van der Waals surface area contributed by atoms with Gasteiger partial charge in [0.25, 0.3) is 0 Å². The lowest BCUT2D eigenvalue weighted by atomic mass is 10.0. The molecule has 434 valence electrons. The van der Waals surface area contributed by atoms with Crippen molar-refractivity contribution >= 4 is 35.6 Å². The van der Waals surface area contributed by atoms with E-state index in [0.29, 0.717) is 25.0 Å². The second-order valence-electron chi connectivity index (χ2n) is 22.1. The number of thioether (sulfide) groups is 1. The summed E-state index contributed by atoms with van der Waals surface area (Å²) in [6.45, 7) is 6.75. The lowest BCUT2D eigenvalue weighted by molar-refractivity contribution is -0.157. The molecule has 0 radical (unpaired) electrons. The van der Waals surface area contributed by atoms with Gasteiger partial charge in [0.1, 0.15) is 18.8 Å². The number of nitrogens with one attached hydrogen (secondary N) is 1. The number of carbonyl (C=O) groups is 4. The number of rotatable bonds is 54. The molecule has 8 nitrogen and oxygen atoms in total. The summed E-state index contributed by atoms with van der Waals surface area (Å²) in [7, 11) is 0. The summed E-state index contributed by atoms with van der Waals surface area (Å²) in [6.07, 6.45) is 47.6. The van der Waals surface area contributed by atoms with Crippen molar-refractivity contribution in [2.45, 2.75) is 309 Å². The summed E-state index contributed by atoms with van der Waals surface area (Å²) in [4.78, 5) is 54.1. The molecule has 1 N–H and O–H groups in total. The van der Waals surface area contributed by atoms with E-state index in [2.05, 4.69) is 26.1 Å². The van der Waals surface area contributed by atoms with Crippen molar-refractivity contribution in [2.24, 2.45) is 0 Å². The molecule has 0 saturated carbocycles. The molecule has 2 aromatic carbocycles. The lowest BCUT2D eigenvalue weighted by Crippen LogP contribution is -2.44. The minimum atomic E-state index is -0.936. The molecule has 0 bridgehead atoms. The maximum absolute atomic E-state index is 14.3. The van der Waals surface area contributed by atoms with Crippen molar-refractivity contribution in [3.63, 3.8) is 0 Å². The zero-order valence-corrected chi connectivity index (χ0v) is 49.9. The molecule has 0 aliphatic carbocycles. The predicted octanol–water partition coefficient (Wildman–Crippen LogP) is 19.4. The molecule has 2 atom stereocenters. The molecule has 0 spiro atoms. The van der Waals surface area contributed by atoms with Crippen LogP contribution in [0.5, 0.6) is 0 Å². The number of amides is 1. The predicted molar refractivity (Wildman–Crippen MR) is 322 cm³/mol. The molecule has 0 fully saturated rings. The highest BCUT2D eigenvalue weighted by molar-refractivity contribution is 7.99. The average Bonchev–Trinajstić information content (AvgIpc) is 3.43. The van der Waals surface area contributed by atoms with Crippen LogP contribution in [0.1, 0.15) is 308 Å². The second kappa shape index (κ2) is 51.1. The maximum atomic E-state index is 14.3. The first-order valence-corrected chi connectivity index (χ1v) is 33.1. The highest BCUT2D eigenvalue weighted by Crippen LogP contribution is 2.27. The average molecular weight is 1080 g/mol. The van der Waals surface area contributed by atoms with Crippen molar-refractivity contribution in [1.82, 2.24) is 5.32 Å². The van der Waals surface area contributed by atoms with Crippen molar-refractivity contribution in [1.29, 1.82) is 0 Å². The van der Waals surface area contributed by atoms with Gasteiger partial charge in [0.05, 0.1) is 0 Å². The van der Waals surface area contributed by atoms with Gasteiger partial charge >= 0.3 is 17.9 Å². The Morgan fingerprint density at radius 2 is 0.724 bits per heavy atom. The number of unbranched alkanes of at least 4 members (excludes halogenated alkanes) is 36. The third kappa shape index (κ3) is 39.9. The summed E-state index contributed by atoms with van der Waals surface area (Å²) in [6, 6.07) is 18.4. The van der Waals surface area contributed by atoms with E-state index >= 15 is 0 Å². The Morgan fingerprint density at radius 3 is 1.09 bits per heavy atom.